The van der Waals surface area contributed by atoms with Crippen LogP contribution in [0, 0.1) is 0 Å². The fourth-order valence-electron chi connectivity index (χ4n) is 2.19. The summed E-state index contributed by atoms with van der Waals surface area (Å²) in [6.45, 7) is 3.16. The number of halogens is 1. The van der Waals surface area contributed by atoms with Crippen molar-refractivity contribution in [1.82, 2.24) is 4.31 Å². The number of sulfonamides is 1. The Labute approximate surface area is 104 Å². The van der Waals surface area contributed by atoms with Crippen LogP contribution in [0.3, 0.4) is 0 Å². The minimum absolute atomic E-state index is 0.146. The molecule has 1 rings (SSSR count). The SMILES string of the molecule is CCCCN(CCCl)S(=O)(=O)C1CCCC1. The highest BCUT2D eigenvalue weighted by molar-refractivity contribution is 7.89. The zero-order valence-corrected chi connectivity index (χ0v) is 11.6. The van der Waals surface area contributed by atoms with E-state index < -0.39 is 10.0 Å². The van der Waals surface area contributed by atoms with E-state index in [0.717, 1.165) is 38.5 Å². The Balaban J connectivity index is 2.66. The van der Waals surface area contributed by atoms with E-state index in [1.54, 1.807) is 4.31 Å². The third-order valence-electron chi connectivity index (χ3n) is 3.18. The maximum Gasteiger partial charge on any atom is 0.217 e. The van der Waals surface area contributed by atoms with Gasteiger partial charge >= 0.3 is 0 Å². The lowest BCUT2D eigenvalue weighted by Crippen LogP contribution is -2.39. The van der Waals surface area contributed by atoms with Crippen LogP contribution in [0.5, 0.6) is 0 Å². The van der Waals surface area contributed by atoms with Crippen molar-refractivity contribution in [3.8, 4) is 0 Å². The Hall–Kier alpha value is 0.200. The van der Waals surface area contributed by atoms with Gasteiger partial charge in [-0.2, -0.15) is 0 Å². The fraction of sp³-hybridized carbons (Fsp3) is 1.00. The van der Waals surface area contributed by atoms with Gasteiger partial charge in [-0.25, -0.2) is 12.7 Å². The first kappa shape index (κ1) is 14.3. The Morgan fingerprint density at radius 3 is 2.38 bits per heavy atom. The average molecular weight is 268 g/mol. The van der Waals surface area contributed by atoms with Gasteiger partial charge in [0.1, 0.15) is 0 Å². The first-order chi connectivity index (χ1) is 7.62. The Morgan fingerprint density at radius 1 is 1.25 bits per heavy atom. The van der Waals surface area contributed by atoms with E-state index in [1.165, 1.54) is 0 Å². The summed E-state index contributed by atoms with van der Waals surface area (Å²) in [5, 5.41) is -0.146. The summed E-state index contributed by atoms with van der Waals surface area (Å²) in [6.07, 6.45) is 5.68. The molecule has 0 amide bonds. The second-order valence-electron chi connectivity index (χ2n) is 4.39. The van der Waals surface area contributed by atoms with E-state index in [2.05, 4.69) is 6.92 Å². The van der Waals surface area contributed by atoms with E-state index in [1.807, 2.05) is 0 Å². The predicted octanol–water partition coefficient (Wildman–Crippen LogP) is 2.60. The highest BCUT2D eigenvalue weighted by atomic mass is 35.5. The number of nitrogens with zero attached hydrogens (tertiary/aromatic N) is 1. The molecule has 0 spiro atoms. The van der Waals surface area contributed by atoms with Crippen LogP contribution in [-0.2, 0) is 10.0 Å². The van der Waals surface area contributed by atoms with Crippen LogP contribution in [0.2, 0.25) is 0 Å². The molecule has 0 heterocycles. The van der Waals surface area contributed by atoms with Crippen LogP contribution < -0.4 is 0 Å². The van der Waals surface area contributed by atoms with E-state index in [4.69, 9.17) is 11.6 Å². The van der Waals surface area contributed by atoms with Gasteiger partial charge in [-0.05, 0) is 19.3 Å². The zero-order chi connectivity index (χ0) is 12.0. The van der Waals surface area contributed by atoms with Crippen LogP contribution in [0.4, 0.5) is 0 Å². The van der Waals surface area contributed by atoms with Gasteiger partial charge in [-0.1, -0.05) is 26.2 Å². The summed E-state index contributed by atoms with van der Waals surface area (Å²) in [7, 11) is -3.09. The van der Waals surface area contributed by atoms with Crippen molar-refractivity contribution in [3.63, 3.8) is 0 Å². The highest BCUT2D eigenvalue weighted by Crippen LogP contribution is 2.27. The van der Waals surface area contributed by atoms with Gasteiger partial charge in [-0.15, -0.1) is 11.6 Å². The highest BCUT2D eigenvalue weighted by Gasteiger charge is 2.33. The largest absolute Gasteiger partial charge is 0.217 e. The van der Waals surface area contributed by atoms with E-state index in [-0.39, 0.29) is 5.25 Å². The molecule has 16 heavy (non-hydrogen) atoms. The van der Waals surface area contributed by atoms with E-state index >= 15 is 0 Å². The third-order valence-corrected chi connectivity index (χ3v) is 5.75. The van der Waals surface area contributed by atoms with Crippen molar-refractivity contribution >= 4 is 21.6 Å². The summed E-state index contributed by atoms with van der Waals surface area (Å²) in [6, 6.07) is 0. The van der Waals surface area contributed by atoms with Crippen LogP contribution in [0.1, 0.15) is 45.4 Å². The molecule has 96 valence electrons. The molecule has 0 aromatic carbocycles. The van der Waals surface area contributed by atoms with Crippen LogP contribution >= 0.6 is 11.6 Å². The summed E-state index contributed by atoms with van der Waals surface area (Å²) in [5.74, 6) is 0.385. The summed E-state index contributed by atoms with van der Waals surface area (Å²) in [5.41, 5.74) is 0. The zero-order valence-electron chi connectivity index (χ0n) is 9.99. The summed E-state index contributed by atoms with van der Waals surface area (Å²) < 4.78 is 26.2. The third kappa shape index (κ3) is 3.60. The molecule has 0 saturated heterocycles. The van der Waals surface area contributed by atoms with Gasteiger partial charge < -0.3 is 0 Å². The normalized spacial score (nSPS) is 18.4. The number of hydrogen-bond acceptors (Lipinski definition) is 2. The predicted molar refractivity (Wildman–Crippen MR) is 68.4 cm³/mol. The molecule has 0 radical (unpaired) electrons. The lowest BCUT2D eigenvalue weighted by Gasteiger charge is -2.24. The van der Waals surface area contributed by atoms with Crippen LogP contribution in [0.15, 0.2) is 0 Å². The molecule has 0 aromatic rings. The molecule has 1 aliphatic rings. The Bertz CT molecular complexity index is 286. The van der Waals surface area contributed by atoms with Crippen molar-refractivity contribution in [3.05, 3.63) is 0 Å². The average Bonchev–Trinajstić information content (AvgIpc) is 2.77. The maximum atomic E-state index is 12.3. The van der Waals surface area contributed by atoms with Crippen molar-refractivity contribution in [2.75, 3.05) is 19.0 Å². The minimum Gasteiger partial charge on any atom is -0.212 e. The topological polar surface area (TPSA) is 37.4 Å². The number of hydrogen-bond donors (Lipinski definition) is 0. The molecule has 1 aliphatic carbocycles. The van der Waals surface area contributed by atoms with Crippen molar-refractivity contribution in [1.29, 1.82) is 0 Å². The van der Waals surface area contributed by atoms with Crippen LogP contribution in [0.25, 0.3) is 0 Å². The molecular weight excluding hydrogens is 246 g/mol. The van der Waals surface area contributed by atoms with Gasteiger partial charge in [0.25, 0.3) is 0 Å². The molecule has 0 aliphatic heterocycles. The smallest absolute Gasteiger partial charge is 0.212 e. The minimum atomic E-state index is -3.09. The molecule has 1 saturated carbocycles. The second-order valence-corrected chi connectivity index (χ2v) is 6.98. The van der Waals surface area contributed by atoms with Gasteiger partial charge in [0.2, 0.25) is 10.0 Å². The quantitative estimate of drug-likeness (QED) is 0.665. The Morgan fingerprint density at radius 2 is 1.88 bits per heavy atom. The molecular formula is C11H22ClNO2S. The second kappa shape index (κ2) is 6.82. The number of rotatable bonds is 7. The summed E-state index contributed by atoms with van der Waals surface area (Å²) >= 11 is 5.68. The maximum absolute atomic E-state index is 12.3. The van der Waals surface area contributed by atoms with Crippen molar-refractivity contribution in [2.24, 2.45) is 0 Å². The molecule has 0 unspecified atom stereocenters. The van der Waals surface area contributed by atoms with E-state index in [0.29, 0.717) is 19.0 Å². The first-order valence-corrected chi connectivity index (χ1v) is 8.21. The molecule has 0 aromatic heterocycles. The molecule has 0 N–H and O–H groups in total. The van der Waals surface area contributed by atoms with Crippen LogP contribution in [-0.4, -0.2) is 36.9 Å². The molecule has 0 atom stereocenters. The molecule has 0 bridgehead atoms. The summed E-state index contributed by atoms with van der Waals surface area (Å²) in [4.78, 5) is 0. The molecule has 1 fully saturated rings. The standard InChI is InChI=1S/C11H22ClNO2S/c1-2-3-9-13(10-8-12)16(14,15)11-6-4-5-7-11/h11H,2-10H2,1H3. The monoisotopic (exact) mass is 267 g/mol. The lowest BCUT2D eigenvalue weighted by molar-refractivity contribution is 0.412. The number of unbranched alkanes of at least 4 members (excludes halogenated alkanes) is 1. The first-order valence-electron chi connectivity index (χ1n) is 6.17. The fourth-order valence-corrected chi connectivity index (χ4v) is 4.58. The lowest BCUT2D eigenvalue weighted by atomic mass is 10.3. The van der Waals surface area contributed by atoms with Gasteiger partial charge in [0.15, 0.2) is 0 Å². The molecule has 5 heteroatoms. The molecule has 3 nitrogen and oxygen atoms in total. The van der Waals surface area contributed by atoms with Crippen molar-refractivity contribution in [2.45, 2.75) is 50.7 Å². The van der Waals surface area contributed by atoms with Gasteiger partial charge in [0.05, 0.1) is 5.25 Å². The Kier molecular flexibility index (Phi) is 6.08. The van der Waals surface area contributed by atoms with Gasteiger partial charge in [0, 0.05) is 19.0 Å². The van der Waals surface area contributed by atoms with E-state index in [9.17, 15) is 8.42 Å². The van der Waals surface area contributed by atoms with Gasteiger partial charge in [-0.3, -0.25) is 0 Å². The van der Waals surface area contributed by atoms with Crippen molar-refractivity contribution < 1.29 is 8.42 Å². The number of alkyl halides is 1.